The van der Waals surface area contributed by atoms with Gasteiger partial charge in [0, 0.05) is 12.6 Å². The fourth-order valence-electron chi connectivity index (χ4n) is 1.01. The summed E-state index contributed by atoms with van der Waals surface area (Å²) >= 11 is 0. The minimum Gasteiger partial charge on any atom is -0.481 e. The molecular weight excluding hydrogens is 242 g/mol. The lowest BCUT2D eigenvalue weighted by molar-refractivity contribution is -0.145. The largest absolute Gasteiger partial charge is 0.481 e. The molecule has 0 aromatic carbocycles. The molecule has 0 bridgehead atoms. The van der Waals surface area contributed by atoms with Crippen molar-refractivity contribution in [2.45, 2.75) is 25.4 Å². The summed E-state index contributed by atoms with van der Waals surface area (Å²) in [6.07, 6.45) is -0.661. The summed E-state index contributed by atoms with van der Waals surface area (Å²) in [7, 11) is 3.68. The standard InChI is InChI=1S/C10H19N3O5/c1-6(13(2)3)5-11-10(18)12-7(9(16)17)4-8(14)15/h6-7H,4-5H2,1-3H3,(H,14,15)(H,16,17)(H2,11,12,18)/t6?,7-/m0/s1. The summed E-state index contributed by atoms with van der Waals surface area (Å²) in [5.41, 5.74) is 0. The number of nitrogens with one attached hydrogen (secondary N) is 2. The highest BCUT2D eigenvalue weighted by atomic mass is 16.4. The SMILES string of the molecule is CC(CNC(=O)N[C@@H](CC(=O)O)C(=O)O)N(C)C. The number of aliphatic carboxylic acids is 2. The van der Waals surface area contributed by atoms with Crippen LogP contribution in [0.2, 0.25) is 0 Å². The van der Waals surface area contributed by atoms with Gasteiger partial charge in [-0.1, -0.05) is 0 Å². The Kier molecular flexibility index (Phi) is 6.73. The van der Waals surface area contributed by atoms with Crippen LogP contribution in [0.25, 0.3) is 0 Å². The van der Waals surface area contributed by atoms with Crippen molar-refractivity contribution in [2.24, 2.45) is 0 Å². The second-order valence-corrected chi connectivity index (χ2v) is 4.16. The number of carboxylic acids is 2. The van der Waals surface area contributed by atoms with Crippen LogP contribution >= 0.6 is 0 Å². The van der Waals surface area contributed by atoms with E-state index in [2.05, 4.69) is 10.6 Å². The molecule has 8 heteroatoms. The first kappa shape index (κ1) is 16.2. The van der Waals surface area contributed by atoms with Gasteiger partial charge in [-0.05, 0) is 21.0 Å². The van der Waals surface area contributed by atoms with E-state index >= 15 is 0 Å². The van der Waals surface area contributed by atoms with Gasteiger partial charge < -0.3 is 25.7 Å². The first-order chi connectivity index (χ1) is 8.23. The molecule has 0 aliphatic rings. The number of amides is 2. The molecule has 0 saturated heterocycles. The van der Waals surface area contributed by atoms with Crippen LogP contribution in [0.1, 0.15) is 13.3 Å². The zero-order valence-electron chi connectivity index (χ0n) is 10.6. The van der Waals surface area contributed by atoms with Gasteiger partial charge in [-0.2, -0.15) is 0 Å². The zero-order chi connectivity index (χ0) is 14.3. The first-order valence-electron chi connectivity index (χ1n) is 5.39. The van der Waals surface area contributed by atoms with Crippen LogP contribution in [0, 0.1) is 0 Å². The van der Waals surface area contributed by atoms with Crippen LogP contribution in [-0.2, 0) is 9.59 Å². The molecule has 2 atom stereocenters. The molecule has 0 aliphatic carbocycles. The van der Waals surface area contributed by atoms with Gasteiger partial charge in [0.05, 0.1) is 6.42 Å². The average molecular weight is 261 g/mol. The lowest BCUT2D eigenvalue weighted by atomic mass is 10.2. The quantitative estimate of drug-likeness (QED) is 0.474. The van der Waals surface area contributed by atoms with Gasteiger partial charge in [0.1, 0.15) is 6.04 Å². The fourth-order valence-corrected chi connectivity index (χ4v) is 1.01. The molecule has 0 aromatic rings. The monoisotopic (exact) mass is 261 g/mol. The van der Waals surface area contributed by atoms with Crippen LogP contribution in [0.5, 0.6) is 0 Å². The maximum absolute atomic E-state index is 11.4. The second kappa shape index (κ2) is 7.49. The van der Waals surface area contributed by atoms with E-state index in [9.17, 15) is 14.4 Å². The minimum absolute atomic E-state index is 0.0819. The van der Waals surface area contributed by atoms with Crippen molar-refractivity contribution >= 4 is 18.0 Å². The second-order valence-electron chi connectivity index (χ2n) is 4.16. The molecule has 0 radical (unpaired) electrons. The third kappa shape index (κ3) is 6.69. The van der Waals surface area contributed by atoms with Crippen molar-refractivity contribution in [1.82, 2.24) is 15.5 Å². The summed E-state index contributed by atoms with van der Waals surface area (Å²) in [5.74, 6) is -2.67. The number of likely N-dealkylation sites (N-methyl/N-ethyl adjacent to an activating group) is 1. The number of carbonyl (C=O) groups excluding carboxylic acids is 1. The van der Waals surface area contributed by atoms with Crippen LogP contribution in [-0.4, -0.2) is 65.8 Å². The molecule has 4 N–H and O–H groups in total. The molecule has 0 heterocycles. The van der Waals surface area contributed by atoms with Gasteiger partial charge in [-0.25, -0.2) is 9.59 Å². The number of nitrogens with zero attached hydrogens (tertiary/aromatic N) is 1. The van der Waals surface area contributed by atoms with Gasteiger partial charge >= 0.3 is 18.0 Å². The Morgan fingerprint density at radius 1 is 1.22 bits per heavy atom. The van der Waals surface area contributed by atoms with Crippen LogP contribution in [0.4, 0.5) is 4.79 Å². The van der Waals surface area contributed by atoms with Crippen LogP contribution in [0.15, 0.2) is 0 Å². The van der Waals surface area contributed by atoms with Crippen molar-refractivity contribution in [2.75, 3.05) is 20.6 Å². The molecule has 0 rings (SSSR count). The molecule has 18 heavy (non-hydrogen) atoms. The van der Waals surface area contributed by atoms with Crippen molar-refractivity contribution in [1.29, 1.82) is 0 Å². The normalized spacial score (nSPS) is 13.8. The molecule has 0 spiro atoms. The predicted octanol–water partition coefficient (Wildman–Crippen LogP) is -0.836. The molecule has 1 unspecified atom stereocenters. The van der Waals surface area contributed by atoms with Gasteiger partial charge in [0.15, 0.2) is 0 Å². The Balaban J connectivity index is 4.18. The molecule has 104 valence electrons. The molecule has 0 fully saturated rings. The van der Waals surface area contributed by atoms with Crippen LogP contribution in [0.3, 0.4) is 0 Å². The third-order valence-electron chi connectivity index (χ3n) is 2.42. The third-order valence-corrected chi connectivity index (χ3v) is 2.42. The van der Waals surface area contributed by atoms with Gasteiger partial charge in [-0.3, -0.25) is 4.79 Å². The summed E-state index contributed by atoms with van der Waals surface area (Å²) < 4.78 is 0. The van der Waals surface area contributed by atoms with Gasteiger partial charge in [-0.15, -0.1) is 0 Å². The number of carboxylic acid groups (broad SMARTS) is 2. The van der Waals surface area contributed by atoms with Crippen LogP contribution < -0.4 is 10.6 Å². The van der Waals surface area contributed by atoms with E-state index in [0.29, 0.717) is 6.54 Å². The van der Waals surface area contributed by atoms with E-state index in [0.717, 1.165) is 0 Å². The Morgan fingerprint density at radius 3 is 2.17 bits per heavy atom. The smallest absolute Gasteiger partial charge is 0.326 e. The molecule has 0 aromatic heterocycles. The lowest BCUT2D eigenvalue weighted by Gasteiger charge is -2.20. The van der Waals surface area contributed by atoms with E-state index in [-0.39, 0.29) is 6.04 Å². The fraction of sp³-hybridized carbons (Fsp3) is 0.700. The molecule has 2 amide bonds. The Morgan fingerprint density at radius 2 is 1.78 bits per heavy atom. The Bertz CT molecular complexity index is 319. The number of carbonyl (C=O) groups is 3. The van der Waals surface area contributed by atoms with E-state index in [1.807, 2.05) is 25.9 Å². The average Bonchev–Trinajstić information content (AvgIpc) is 2.23. The topological polar surface area (TPSA) is 119 Å². The van der Waals surface area contributed by atoms with Crippen molar-refractivity contribution in [3.8, 4) is 0 Å². The van der Waals surface area contributed by atoms with Gasteiger partial charge in [0.25, 0.3) is 0 Å². The van der Waals surface area contributed by atoms with E-state index in [4.69, 9.17) is 10.2 Å². The highest BCUT2D eigenvalue weighted by molar-refractivity contribution is 5.86. The number of urea groups is 1. The summed E-state index contributed by atoms with van der Waals surface area (Å²) in [5, 5.41) is 21.8. The summed E-state index contributed by atoms with van der Waals surface area (Å²) in [6, 6.07) is -2.05. The first-order valence-corrected chi connectivity index (χ1v) is 5.39. The maximum atomic E-state index is 11.4. The number of hydrogen-bond acceptors (Lipinski definition) is 4. The Labute approximate surface area is 105 Å². The molecule has 8 nitrogen and oxygen atoms in total. The lowest BCUT2D eigenvalue weighted by Crippen LogP contribution is -2.49. The molecule has 0 aliphatic heterocycles. The maximum Gasteiger partial charge on any atom is 0.326 e. The van der Waals surface area contributed by atoms with Crippen molar-refractivity contribution < 1.29 is 24.6 Å². The highest BCUT2D eigenvalue weighted by Crippen LogP contribution is 1.93. The van der Waals surface area contributed by atoms with Crippen molar-refractivity contribution in [3.05, 3.63) is 0 Å². The summed E-state index contributed by atoms with van der Waals surface area (Å²) in [6.45, 7) is 2.21. The minimum atomic E-state index is -1.43. The highest BCUT2D eigenvalue weighted by Gasteiger charge is 2.23. The van der Waals surface area contributed by atoms with Crippen molar-refractivity contribution in [3.63, 3.8) is 0 Å². The number of rotatable bonds is 7. The zero-order valence-corrected chi connectivity index (χ0v) is 10.6. The van der Waals surface area contributed by atoms with E-state index < -0.39 is 30.4 Å². The molecule has 0 saturated carbocycles. The molecular formula is C10H19N3O5. The summed E-state index contributed by atoms with van der Waals surface area (Å²) in [4.78, 5) is 34.4. The van der Waals surface area contributed by atoms with E-state index in [1.54, 1.807) is 0 Å². The Hall–Kier alpha value is -1.83. The number of hydrogen-bond donors (Lipinski definition) is 4. The van der Waals surface area contributed by atoms with E-state index in [1.165, 1.54) is 0 Å². The predicted molar refractivity (Wildman–Crippen MR) is 63.4 cm³/mol. The van der Waals surface area contributed by atoms with Gasteiger partial charge in [0.2, 0.25) is 0 Å².